The molecule has 0 aliphatic heterocycles. The Morgan fingerprint density at radius 1 is 1.44 bits per heavy atom. The van der Waals surface area contributed by atoms with Crippen LogP contribution in [-0.2, 0) is 6.42 Å². The average molecular weight is 249 g/mol. The largest absolute Gasteiger partial charge is 0.317 e. The second-order valence-corrected chi connectivity index (χ2v) is 5.69. The Hall–Kier alpha value is -0.830. The van der Waals surface area contributed by atoms with Crippen LogP contribution < -0.4 is 5.32 Å². The lowest BCUT2D eigenvalue weighted by Gasteiger charge is -2.30. The normalized spacial score (nSPS) is 26.2. The summed E-state index contributed by atoms with van der Waals surface area (Å²) in [5, 5.41) is 8.21. The molecule has 102 valence electrons. The van der Waals surface area contributed by atoms with Crippen LogP contribution in [0.2, 0.25) is 0 Å². The van der Waals surface area contributed by atoms with E-state index >= 15 is 0 Å². The van der Waals surface area contributed by atoms with Gasteiger partial charge >= 0.3 is 0 Å². The topological polar surface area (TPSA) is 29.9 Å². The first kappa shape index (κ1) is 13.6. The van der Waals surface area contributed by atoms with Gasteiger partial charge in [0.1, 0.15) is 0 Å². The smallest absolute Gasteiger partial charge is 0.0628 e. The fraction of sp³-hybridized carbons (Fsp3) is 0.800. The molecule has 3 atom stereocenters. The number of aromatic nitrogens is 2. The summed E-state index contributed by atoms with van der Waals surface area (Å²) in [4.78, 5) is 0. The molecule has 3 heteroatoms. The van der Waals surface area contributed by atoms with E-state index in [2.05, 4.69) is 43.2 Å². The van der Waals surface area contributed by atoms with E-state index in [1.165, 1.54) is 31.4 Å². The first-order chi connectivity index (χ1) is 8.74. The van der Waals surface area contributed by atoms with Gasteiger partial charge in [-0.3, -0.25) is 4.68 Å². The van der Waals surface area contributed by atoms with Crippen LogP contribution in [0.4, 0.5) is 0 Å². The van der Waals surface area contributed by atoms with Crippen molar-refractivity contribution in [2.45, 2.75) is 64.5 Å². The van der Waals surface area contributed by atoms with Crippen molar-refractivity contribution in [3.05, 3.63) is 18.0 Å². The molecule has 0 aromatic carbocycles. The van der Waals surface area contributed by atoms with Crippen molar-refractivity contribution < 1.29 is 0 Å². The van der Waals surface area contributed by atoms with Gasteiger partial charge in [0, 0.05) is 18.3 Å². The van der Waals surface area contributed by atoms with Crippen molar-refractivity contribution in [3.8, 4) is 0 Å². The van der Waals surface area contributed by atoms with E-state index in [-0.39, 0.29) is 0 Å². The molecular formula is C15H27N3. The van der Waals surface area contributed by atoms with Crippen molar-refractivity contribution in [2.75, 3.05) is 7.05 Å². The SMILES string of the molecule is CCC(C)n1ccc(CC2CCCCC2NC)n1. The van der Waals surface area contributed by atoms with Crippen LogP contribution in [0.1, 0.15) is 57.7 Å². The van der Waals surface area contributed by atoms with Crippen LogP contribution >= 0.6 is 0 Å². The molecule has 1 aliphatic rings. The van der Waals surface area contributed by atoms with Gasteiger partial charge in [-0.2, -0.15) is 5.10 Å². The van der Waals surface area contributed by atoms with Crippen molar-refractivity contribution in [3.63, 3.8) is 0 Å². The Balaban J connectivity index is 1.97. The molecule has 0 amide bonds. The Morgan fingerprint density at radius 3 is 2.94 bits per heavy atom. The highest BCUT2D eigenvalue weighted by Gasteiger charge is 2.24. The molecule has 3 nitrogen and oxygen atoms in total. The summed E-state index contributed by atoms with van der Waals surface area (Å²) in [7, 11) is 2.10. The van der Waals surface area contributed by atoms with Crippen molar-refractivity contribution >= 4 is 0 Å². The Bertz CT molecular complexity index is 358. The quantitative estimate of drug-likeness (QED) is 0.868. The number of nitrogens with zero attached hydrogens (tertiary/aromatic N) is 2. The minimum Gasteiger partial charge on any atom is -0.317 e. The van der Waals surface area contributed by atoms with E-state index < -0.39 is 0 Å². The predicted octanol–water partition coefficient (Wildman–Crippen LogP) is 3.17. The van der Waals surface area contributed by atoms with Gasteiger partial charge in [0.15, 0.2) is 0 Å². The molecule has 1 saturated carbocycles. The van der Waals surface area contributed by atoms with Gasteiger partial charge in [0.25, 0.3) is 0 Å². The first-order valence-electron chi connectivity index (χ1n) is 7.46. The summed E-state index contributed by atoms with van der Waals surface area (Å²) in [5.41, 5.74) is 1.27. The molecule has 1 aromatic heterocycles. The van der Waals surface area contributed by atoms with Crippen molar-refractivity contribution in [1.82, 2.24) is 15.1 Å². The molecule has 0 saturated heterocycles. The van der Waals surface area contributed by atoms with Crippen LogP contribution in [0, 0.1) is 5.92 Å². The molecule has 2 rings (SSSR count). The fourth-order valence-corrected chi connectivity index (χ4v) is 3.02. The maximum atomic E-state index is 4.73. The number of nitrogens with one attached hydrogen (secondary N) is 1. The molecule has 1 aliphatic carbocycles. The van der Waals surface area contributed by atoms with Crippen molar-refractivity contribution in [1.29, 1.82) is 0 Å². The van der Waals surface area contributed by atoms with E-state index in [0.717, 1.165) is 18.8 Å². The van der Waals surface area contributed by atoms with Gasteiger partial charge in [-0.25, -0.2) is 0 Å². The van der Waals surface area contributed by atoms with Gasteiger partial charge in [-0.1, -0.05) is 19.8 Å². The molecule has 0 spiro atoms. The van der Waals surface area contributed by atoms with Gasteiger partial charge in [-0.05, 0) is 51.6 Å². The maximum Gasteiger partial charge on any atom is 0.0628 e. The number of hydrogen-bond donors (Lipinski definition) is 1. The van der Waals surface area contributed by atoms with Gasteiger partial charge in [-0.15, -0.1) is 0 Å². The van der Waals surface area contributed by atoms with Crippen LogP contribution in [0.3, 0.4) is 0 Å². The lowest BCUT2D eigenvalue weighted by Crippen LogP contribution is -2.37. The third-order valence-electron chi connectivity index (χ3n) is 4.46. The van der Waals surface area contributed by atoms with Crippen LogP contribution in [0.15, 0.2) is 12.3 Å². The second kappa shape index (κ2) is 6.37. The van der Waals surface area contributed by atoms with E-state index in [1.807, 2.05) is 0 Å². The van der Waals surface area contributed by atoms with E-state index in [1.54, 1.807) is 0 Å². The highest BCUT2D eigenvalue weighted by atomic mass is 15.3. The van der Waals surface area contributed by atoms with Gasteiger partial charge in [0.05, 0.1) is 5.69 Å². The van der Waals surface area contributed by atoms with E-state index in [4.69, 9.17) is 5.10 Å². The molecular weight excluding hydrogens is 222 g/mol. The molecule has 3 unspecified atom stereocenters. The van der Waals surface area contributed by atoms with E-state index in [9.17, 15) is 0 Å². The fourth-order valence-electron chi connectivity index (χ4n) is 3.02. The van der Waals surface area contributed by atoms with Crippen LogP contribution in [-0.4, -0.2) is 22.9 Å². The predicted molar refractivity (Wildman–Crippen MR) is 75.7 cm³/mol. The summed E-state index contributed by atoms with van der Waals surface area (Å²) in [5.74, 6) is 0.768. The summed E-state index contributed by atoms with van der Waals surface area (Å²) in [6.07, 6.45) is 9.85. The highest BCUT2D eigenvalue weighted by Crippen LogP contribution is 2.27. The Morgan fingerprint density at radius 2 is 2.22 bits per heavy atom. The maximum absolute atomic E-state index is 4.73. The zero-order chi connectivity index (χ0) is 13.0. The third kappa shape index (κ3) is 3.14. The highest BCUT2D eigenvalue weighted by molar-refractivity contribution is 5.02. The molecule has 1 N–H and O–H groups in total. The molecule has 0 radical (unpaired) electrons. The molecule has 1 aromatic rings. The Kier molecular flexibility index (Phi) is 4.81. The minimum atomic E-state index is 0.519. The standard InChI is InChI=1S/C15H27N3/c1-4-12(2)18-10-9-14(17-18)11-13-7-5-6-8-15(13)16-3/h9-10,12-13,15-16H,4-8,11H2,1-3H3. The van der Waals surface area contributed by atoms with Crippen LogP contribution in [0.25, 0.3) is 0 Å². The van der Waals surface area contributed by atoms with Gasteiger partial charge in [0.2, 0.25) is 0 Å². The number of rotatable bonds is 5. The lowest BCUT2D eigenvalue weighted by molar-refractivity contribution is 0.270. The zero-order valence-corrected chi connectivity index (χ0v) is 12.0. The first-order valence-corrected chi connectivity index (χ1v) is 7.46. The minimum absolute atomic E-state index is 0.519. The summed E-state index contributed by atoms with van der Waals surface area (Å²) >= 11 is 0. The average Bonchev–Trinajstić information content (AvgIpc) is 2.87. The summed E-state index contributed by atoms with van der Waals surface area (Å²) < 4.78 is 2.12. The molecule has 1 fully saturated rings. The monoisotopic (exact) mass is 249 g/mol. The lowest BCUT2D eigenvalue weighted by atomic mass is 9.82. The third-order valence-corrected chi connectivity index (χ3v) is 4.46. The summed E-state index contributed by atoms with van der Waals surface area (Å²) in [6.45, 7) is 4.44. The molecule has 0 bridgehead atoms. The zero-order valence-electron chi connectivity index (χ0n) is 12.0. The van der Waals surface area contributed by atoms with Crippen molar-refractivity contribution in [2.24, 2.45) is 5.92 Å². The summed E-state index contributed by atoms with van der Waals surface area (Å²) in [6, 6.07) is 3.41. The molecule has 18 heavy (non-hydrogen) atoms. The van der Waals surface area contributed by atoms with Crippen LogP contribution in [0.5, 0.6) is 0 Å². The number of hydrogen-bond acceptors (Lipinski definition) is 2. The van der Waals surface area contributed by atoms with E-state index in [0.29, 0.717) is 12.1 Å². The van der Waals surface area contributed by atoms with Gasteiger partial charge < -0.3 is 5.32 Å². The molecule has 1 heterocycles. The Labute approximate surface area is 111 Å². The second-order valence-electron chi connectivity index (χ2n) is 5.69.